The molecule has 2 aromatic rings. The Labute approximate surface area is 134 Å². The Kier molecular flexibility index (Phi) is 6.08. The van der Waals surface area contributed by atoms with E-state index in [-0.39, 0.29) is 0 Å². The van der Waals surface area contributed by atoms with Crippen molar-refractivity contribution in [1.29, 1.82) is 0 Å². The van der Waals surface area contributed by atoms with E-state index in [1.165, 1.54) is 5.56 Å². The number of ether oxygens (including phenoxy) is 2. The summed E-state index contributed by atoms with van der Waals surface area (Å²) in [6.07, 6.45) is 0.841. The topological polar surface area (TPSA) is 44.5 Å². The molecule has 0 heterocycles. The fraction of sp³-hybridized carbons (Fsp3) is 0.294. The van der Waals surface area contributed by atoms with Crippen LogP contribution in [0.15, 0.2) is 46.9 Å². The van der Waals surface area contributed by atoms with E-state index in [0.29, 0.717) is 19.8 Å². The number of rotatable bonds is 7. The molecule has 0 aliphatic rings. The highest BCUT2D eigenvalue weighted by Crippen LogP contribution is 2.21. The molecule has 0 radical (unpaired) electrons. The molecule has 0 aliphatic carbocycles. The van der Waals surface area contributed by atoms with Crippen molar-refractivity contribution in [2.24, 2.45) is 5.73 Å². The van der Waals surface area contributed by atoms with Gasteiger partial charge in [0, 0.05) is 17.4 Å². The summed E-state index contributed by atoms with van der Waals surface area (Å²) >= 11 is 3.48. The van der Waals surface area contributed by atoms with Gasteiger partial charge in [0.25, 0.3) is 0 Å². The molecule has 0 aliphatic heterocycles. The van der Waals surface area contributed by atoms with E-state index in [4.69, 9.17) is 15.2 Å². The molecule has 0 aromatic heterocycles. The number of hydrogen-bond acceptors (Lipinski definition) is 3. The molecule has 0 spiro atoms. The van der Waals surface area contributed by atoms with E-state index in [0.717, 1.165) is 28.0 Å². The van der Waals surface area contributed by atoms with Crippen LogP contribution >= 0.6 is 15.9 Å². The smallest absolute Gasteiger partial charge is 0.119 e. The van der Waals surface area contributed by atoms with E-state index >= 15 is 0 Å². The summed E-state index contributed by atoms with van der Waals surface area (Å²) in [5, 5.41) is 0. The van der Waals surface area contributed by atoms with Crippen LogP contribution in [0.2, 0.25) is 0 Å². The summed E-state index contributed by atoms with van der Waals surface area (Å²) < 4.78 is 12.5. The lowest BCUT2D eigenvalue weighted by Gasteiger charge is -2.09. The Hall–Kier alpha value is -1.52. The van der Waals surface area contributed by atoms with Gasteiger partial charge in [0.1, 0.15) is 11.5 Å². The molecule has 3 nitrogen and oxygen atoms in total. The summed E-state index contributed by atoms with van der Waals surface area (Å²) in [5.41, 5.74) is 7.83. The average Bonchev–Trinajstić information content (AvgIpc) is 2.51. The number of halogens is 1. The molecular formula is C17H20BrNO2. The van der Waals surface area contributed by atoms with Crippen LogP contribution in [0.4, 0.5) is 0 Å². The molecule has 0 fully saturated rings. The Morgan fingerprint density at radius 3 is 2.19 bits per heavy atom. The van der Waals surface area contributed by atoms with E-state index in [1.807, 2.05) is 49.4 Å². The third-order valence-corrected chi connectivity index (χ3v) is 4.00. The molecule has 21 heavy (non-hydrogen) atoms. The van der Waals surface area contributed by atoms with Gasteiger partial charge in [-0.2, -0.15) is 0 Å². The van der Waals surface area contributed by atoms with Gasteiger partial charge in [0.05, 0.1) is 13.2 Å². The third kappa shape index (κ3) is 5.06. The van der Waals surface area contributed by atoms with Crippen molar-refractivity contribution in [2.75, 3.05) is 13.2 Å². The lowest BCUT2D eigenvalue weighted by molar-refractivity contribution is 0.247. The molecule has 0 amide bonds. The summed E-state index contributed by atoms with van der Waals surface area (Å²) in [6.45, 7) is 3.88. The van der Waals surface area contributed by atoms with Gasteiger partial charge in [-0.1, -0.05) is 28.1 Å². The monoisotopic (exact) mass is 349 g/mol. The lowest BCUT2D eigenvalue weighted by atomic mass is 10.2. The van der Waals surface area contributed by atoms with Crippen molar-refractivity contribution >= 4 is 15.9 Å². The van der Waals surface area contributed by atoms with Crippen LogP contribution in [0.3, 0.4) is 0 Å². The largest absolute Gasteiger partial charge is 0.493 e. The quantitative estimate of drug-likeness (QED) is 0.766. The van der Waals surface area contributed by atoms with Crippen molar-refractivity contribution in [2.45, 2.75) is 19.9 Å². The minimum atomic E-state index is 0.556. The molecule has 0 saturated heterocycles. The summed E-state index contributed by atoms with van der Waals surface area (Å²) in [5.74, 6) is 1.76. The van der Waals surface area contributed by atoms with Gasteiger partial charge < -0.3 is 15.2 Å². The van der Waals surface area contributed by atoms with Gasteiger partial charge in [-0.25, -0.2) is 0 Å². The maximum Gasteiger partial charge on any atom is 0.119 e. The highest BCUT2D eigenvalue weighted by Gasteiger charge is 1.99. The summed E-state index contributed by atoms with van der Waals surface area (Å²) in [7, 11) is 0. The van der Waals surface area contributed by atoms with Gasteiger partial charge in [0.2, 0.25) is 0 Å². The van der Waals surface area contributed by atoms with Crippen LogP contribution in [0.1, 0.15) is 17.5 Å². The molecule has 0 atom stereocenters. The number of nitrogens with two attached hydrogens (primary N) is 1. The van der Waals surface area contributed by atoms with Crippen molar-refractivity contribution in [3.63, 3.8) is 0 Å². The van der Waals surface area contributed by atoms with Crippen LogP contribution in [0.5, 0.6) is 11.5 Å². The maximum atomic E-state index is 5.70. The molecule has 2 N–H and O–H groups in total. The number of aryl methyl sites for hydroxylation is 1. The predicted octanol–water partition coefficient (Wildman–Crippen LogP) is 4.06. The number of benzene rings is 2. The SMILES string of the molecule is Cc1cc(OCCCOc2ccc(CN)cc2)ccc1Br. The Balaban J connectivity index is 1.68. The first-order chi connectivity index (χ1) is 10.2. The minimum Gasteiger partial charge on any atom is -0.493 e. The van der Waals surface area contributed by atoms with Gasteiger partial charge >= 0.3 is 0 Å². The predicted molar refractivity (Wildman–Crippen MR) is 88.8 cm³/mol. The van der Waals surface area contributed by atoms with Gasteiger partial charge in [-0.3, -0.25) is 0 Å². The molecular weight excluding hydrogens is 330 g/mol. The minimum absolute atomic E-state index is 0.556. The molecule has 4 heteroatoms. The molecule has 2 rings (SSSR count). The first-order valence-electron chi connectivity index (χ1n) is 7.00. The van der Waals surface area contributed by atoms with Gasteiger partial charge in [0.15, 0.2) is 0 Å². The van der Waals surface area contributed by atoms with E-state index in [2.05, 4.69) is 15.9 Å². The molecule has 0 unspecified atom stereocenters. The first kappa shape index (κ1) is 15.9. The highest BCUT2D eigenvalue weighted by atomic mass is 79.9. The first-order valence-corrected chi connectivity index (χ1v) is 7.79. The van der Waals surface area contributed by atoms with E-state index in [9.17, 15) is 0 Å². The molecule has 0 bridgehead atoms. The van der Waals surface area contributed by atoms with E-state index < -0.39 is 0 Å². The summed E-state index contributed by atoms with van der Waals surface area (Å²) in [6, 6.07) is 13.8. The van der Waals surface area contributed by atoms with Gasteiger partial charge in [-0.15, -0.1) is 0 Å². The number of hydrogen-bond donors (Lipinski definition) is 1. The van der Waals surface area contributed by atoms with Crippen molar-refractivity contribution in [3.8, 4) is 11.5 Å². The van der Waals surface area contributed by atoms with Crippen LogP contribution in [0, 0.1) is 6.92 Å². The third-order valence-electron chi connectivity index (χ3n) is 3.11. The van der Waals surface area contributed by atoms with Crippen LogP contribution in [-0.2, 0) is 6.54 Å². The van der Waals surface area contributed by atoms with Crippen LogP contribution < -0.4 is 15.2 Å². The summed E-state index contributed by atoms with van der Waals surface area (Å²) in [4.78, 5) is 0. The zero-order valence-corrected chi connectivity index (χ0v) is 13.7. The van der Waals surface area contributed by atoms with Crippen LogP contribution in [0.25, 0.3) is 0 Å². The average molecular weight is 350 g/mol. The Morgan fingerprint density at radius 1 is 0.952 bits per heavy atom. The second-order valence-electron chi connectivity index (χ2n) is 4.81. The zero-order chi connectivity index (χ0) is 15.1. The van der Waals surface area contributed by atoms with Crippen molar-refractivity contribution in [1.82, 2.24) is 0 Å². The molecule has 112 valence electrons. The Morgan fingerprint density at radius 2 is 1.57 bits per heavy atom. The second-order valence-corrected chi connectivity index (χ2v) is 5.66. The fourth-order valence-corrected chi connectivity index (χ4v) is 2.11. The van der Waals surface area contributed by atoms with E-state index in [1.54, 1.807) is 0 Å². The van der Waals surface area contributed by atoms with Crippen molar-refractivity contribution < 1.29 is 9.47 Å². The maximum absolute atomic E-state index is 5.70. The standard InChI is InChI=1S/C17H20BrNO2/c1-13-11-16(7-8-17(13)18)21-10-2-9-20-15-5-3-14(12-19)4-6-15/h3-8,11H,2,9-10,12,19H2,1H3. The van der Waals surface area contributed by atoms with Gasteiger partial charge in [-0.05, 0) is 48.4 Å². The highest BCUT2D eigenvalue weighted by molar-refractivity contribution is 9.10. The fourth-order valence-electron chi connectivity index (χ4n) is 1.87. The van der Waals surface area contributed by atoms with Crippen molar-refractivity contribution in [3.05, 3.63) is 58.1 Å². The Bertz CT molecular complexity index is 570. The molecule has 0 saturated carbocycles. The van der Waals surface area contributed by atoms with Crippen LogP contribution in [-0.4, -0.2) is 13.2 Å². The lowest BCUT2D eigenvalue weighted by Crippen LogP contribution is -2.05. The molecule has 2 aromatic carbocycles. The normalized spacial score (nSPS) is 10.4. The zero-order valence-electron chi connectivity index (χ0n) is 12.1. The second kappa shape index (κ2) is 8.05.